The van der Waals surface area contributed by atoms with Crippen LogP contribution in [0.1, 0.15) is 42.7 Å². The van der Waals surface area contributed by atoms with Crippen molar-refractivity contribution in [1.82, 2.24) is 15.5 Å². The summed E-state index contributed by atoms with van der Waals surface area (Å²) in [5.74, 6) is 0.514. The van der Waals surface area contributed by atoms with E-state index in [0.717, 1.165) is 19.3 Å². The molecule has 5 nitrogen and oxygen atoms in total. The molecule has 0 saturated heterocycles. The van der Waals surface area contributed by atoms with Crippen molar-refractivity contribution < 1.29 is 4.79 Å². The van der Waals surface area contributed by atoms with Crippen LogP contribution < -0.4 is 10.6 Å². The number of amides is 1. The van der Waals surface area contributed by atoms with E-state index in [9.17, 15) is 4.79 Å². The molecule has 1 aromatic heterocycles. The predicted molar refractivity (Wildman–Crippen MR) is 92.5 cm³/mol. The van der Waals surface area contributed by atoms with Crippen molar-refractivity contribution in [2.75, 3.05) is 11.9 Å². The highest BCUT2D eigenvalue weighted by Gasteiger charge is 2.08. The number of rotatable bonds is 8. The molecular weight excluding hydrogens is 288 g/mol. The predicted octanol–water partition coefficient (Wildman–Crippen LogP) is 3.05. The Kier molecular flexibility index (Phi) is 6.54. The van der Waals surface area contributed by atoms with E-state index >= 15 is 0 Å². The summed E-state index contributed by atoms with van der Waals surface area (Å²) in [4.78, 5) is 12.0. The Hall–Kier alpha value is -2.43. The van der Waals surface area contributed by atoms with Crippen LogP contribution in [0.25, 0.3) is 0 Å². The van der Waals surface area contributed by atoms with Crippen LogP contribution in [0.3, 0.4) is 0 Å². The average Bonchev–Trinajstić information content (AvgIpc) is 2.60. The van der Waals surface area contributed by atoms with Gasteiger partial charge in [-0.05, 0) is 43.9 Å². The van der Waals surface area contributed by atoms with Gasteiger partial charge in [0.15, 0.2) is 5.69 Å². The van der Waals surface area contributed by atoms with E-state index in [1.54, 1.807) is 12.1 Å². The first-order valence-corrected chi connectivity index (χ1v) is 8.11. The van der Waals surface area contributed by atoms with Gasteiger partial charge in [0, 0.05) is 12.6 Å². The summed E-state index contributed by atoms with van der Waals surface area (Å²) >= 11 is 0. The quantitative estimate of drug-likeness (QED) is 0.735. The molecule has 0 spiro atoms. The van der Waals surface area contributed by atoms with Gasteiger partial charge in [0.2, 0.25) is 0 Å². The maximum atomic E-state index is 12.0. The van der Waals surface area contributed by atoms with Crippen molar-refractivity contribution in [1.29, 1.82) is 0 Å². The standard InChI is InChI=1S/C18H24N4O/c1-3-14(2)20-17-12-11-16(21-22-17)18(23)19-13-7-10-15-8-5-4-6-9-15/h4-6,8-9,11-12,14H,3,7,10,13H2,1-2H3,(H,19,23)(H,20,22). The van der Waals surface area contributed by atoms with E-state index < -0.39 is 0 Å². The van der Waals surface area contributed by atoms with Gasteiger partial charge in [-0.3, -0.25) is 4.79 Å². The second kappa shape index (κ2) is 8.88. The van der Waals surface area contributed by atoms with E-state index in [-0.39, 0.29) is 5.91 Å². The number of hydrogen-bond acceptors (Lipinski definition) is 4. The maximum absolute atomic E-state index is 12.0. The number of aryl methyl sites for hydroxylation is 1. The highest BCUT2D eigenvalue weighted by atomic mass is 16.1. The largest absolute Gasteiger partial charge is 0.366 e. The molecule has 5 heteroatoms. The van der Waals surface area contributed by atoms with Crippen molar-refractivity contribution in [3.63, 3.8) is 0 Å². The van der Waals surface area contributed by atoms with Crippen LogP contribution >= 0.6 is 0 Å². The molecule has 2 aromatic rings. The van der Waals surface area contributed by atoms with E-state index in [2.05, 4.69) is 46.8 Å². The topological polar surface area (TPSA) is 66.9 Å². The molecule has 0 radical (unpaired) electrons. The van der Waals surface area contributed by atoms with E-state index in [1.807, 2.05) is 18.2 Å². The summed E-state index contributed by atoms with van der Waals surface area (Å²) in [5.41, 5.74) is 1.63. The first kappa shape index (κ1) is 16.9. The molecule has 2 rings (SSSR count). The van der Waals surface area contributed by atoms with Crippen LogP contribution in [0.5, 0.6) is 0 Å². The molecule has 1 amide bonds. The van der Waals surface area contributed by atoms with Crippen LogP contribution in [0.15, 0.2) is 42.5 Å². The van der Waals surface area contributed by atoms with E-state index in [1.165, 1.54) is 5.56 Å². The molecule has 2 N–H and O–H groups in total. The van der Waals surface area contributed by atoms with Crippen molar-refractivity contribution in [2.24, 2.45) is 0 Å². The third kappa shape index (κ3) is 5.70. The molecule has 0 aliphatic heterocycles. The van der Waals surface area contributed by atoms with E-state index in [4.69, 9.17) is 0 Å². The number of nitrogens with zero attached hydrogens (tertiary/aromatic N) is 2. The molecule has 0 bridgehead atoms. The van der Waals surface area contributed by atoms with Crippen LogP contribution in [0, 0.1) is 0 Å². The van der Waals surface area contributed by atoms with Crippen LogP contribution in [0.4, 0.5) is 5.82 Å². The van der Waals surface area contributed by atoms with E-state index in [0.29, 0.717) is 24.1 Å². The summed E-state index contributed by atoms with van der Waals surface area (Å²) in [7, 11) is 0. The molecule has 1 atom stereocenters. The number of aromatic nitrogens is 2. The number of carbonyl (C=O) groups excluding carboxylic acids is 1. The Labute approximate surface area is 137 Å². The smallest absolute Gasteiger partial charge is 0.271 e. The van der Waals surface area contributed by atoms with Crippen LogP contribution in [0.2, 0.25) is 0 Å². The molecule has 23 heavy (non-hydrogen) atoms. The number of hydrogen-bond donors (Lipinski definition) is 2. The lowest BCUT2D eigenvalue weighted by Crippen LogP contribution is -2.26. The molecule has 0 fully saturated rings. The summed E-state index contributed by atoms with van der Waals surface area (Å²) in [6.07, 6.45) is 2.85. The van der Waals surface area contributed by atoms with Crippen molar-refractivity contribution >= 4 is 11.7 Å². The molecule has 0 saturated carbocycles. The highest BCUT2D eigenvalue weighted by molar-refractivity contribution is 5.92. The SMILES string of the molecule is CCC(C)Nc1ccc(C(=O)NCCCc2ccccc2)nn1. The number of benzene rings is 1. The summed E-state index contributed by atoms with van der Waals surface area (Å²) < 4.78 is 0. The fourth-order valence-corrected chi connectivity index (χ4v) is 2.11. The molecule has 1 aromatic carbocycles. The second-order valence-electron chi connectivity index (χ2n) is 5.60. The van der Waals surface area contributed by atoms with Crippen molar-refractivity contribution in [2.45, 2.75) is 39.2 Å². The fourth-order valence-electron chi connectivity index (χ4n) is 2.11. The Morgan fingerprint density at radius 2 is 1.91 bits per heavy atom. The third-order valence-corrected chi connectivity index (χ3v) is 3.67. The number of nitrogens with one attached hydrogen (secondary N) is 2. The first-order chi connectivity index (χ1) is 11.2. The summed E-state index contributed by atoms with van der Waals surface area (Å²) in [5, 5.41) is 14.1. The Morgan fingerprint density at radius 3 is 2.57 bits per heavy atom. The number of carbonyl (C=O) groups is 1. The normalized spacial score (nSPS) is 11.7. The monoisotopic (exact) mass is 312 g/mol. The molecule has 1 heterocycles. The Bertz CT molecular complexity index is 598. The molecular formula is C18H24N4O. The summed E-state index contributed by atoms with van der Waals surface area (Å²) in [6.45, 7) is 4.81. The van der Waals surface area contributed by atoms with Gasteiger partial charge in [0.1, 0.15) is 5.82 Å². The lowest BCUT2D eigenvalue weighted by atomic mass is 10.1. The maximum Gasteiger partial charge on any atom is 0.271 e. The second-order valence-corrected chi connectivity index (χ2v) is 5.60. The zero-order valence-corrected chi connectivity index (χ0v) is 13.7. The van der Waals surface area contributed by atoms with Gasteiger partial charge in [0.05, 0.1) is 0 Å². The van der Waals surface area contributed by atoms with Crippen LogP contribution in [-0.2, 0) is 6.42 Å². The van der Waals surface area contributed by atoms with Gasteiger partial charge >= 0.3 is 0 Å². The zero-order chi connectivity index (χ0) is 16.5. The minimum atomic E-state index is -0.180. The van der Waals surface area contributed by atoms with Gasteiger partial charge in [-0.25, -0.2) is 0 Å². The molecule has 0 aliphatic rings. The average molecular weight is 312 g/mol. The fraction of sp³-hybridized carbons (Fsp3) is 0.389. The van der Waals surface area contributed by atoms with Crippen molar-refractivity contribution in [3.8, 4) is 0 Å². The zero-order valence-electron chi connectivity index (χ0n) is 13.7. The summed E-state index contributed by atoms with van der Waals surface area (Å²) in [6, 6.07) is 14.1. The lowest BCUT2D eigenvalue weighted by molar-refractivity contribution is 0.0947. The Balaban J connectivity index is 1.75. The van der Waals surface area contributed by atoms with Gasteiger partial charge < -0.3 is 10.6 Å². The minimum Gasteiger partial charge on any atom is -0.366 e. The van der Waals surface area contributed by atoms with Crippen LogP contribution in [-0.4, -0.2) is 28.7 Å². The van der Waals surface area contributed by atoms with Gasteiger partial charge in [-0.15, -0.1) is 10.2 Å². The molecule has 122 valence electrons. The molecule has 0 aliphatic carbocycles. The lowest BCUT2D eigenvalue weighted by Gasteiger charge is -2.11. The number of anilines is 1. The van der Waals surface area contributed by atoms with Gasteiger partial charge in [0.25, 0.3) is 5.91 Å². The van der Waals surface area contributed by atoms with Gasteiger partial charge in [-0.1, -0.05) is 37.3 Å². The first-order valence-electron chi connectivity index (χ1n) is 8.11. The van der Waals surface area contributed by atoms with Gasteiger partial charge in [-0.2, -0.15) is 0 Å². The Morgan fingerprint density at radius 1 is 1.13 bits per heavy atom. The third-order valence-electron chi connectivity index (χ3n) is 3.67. The molecule has 1 unspecified atom stereocenters. The highest BCUT2D eigenvalue weighted by Crippen LogP contribution is 2.06. The van der Waals surface area contributed by atoms with Crippen molar-refractivity contribution in [3.05, 3.63) is 53.7 Å². The minimum absolute atomic E-state index is 0.180.